The van der Waals surface area contributed by atoms with Gasteiger partial charge in [0.05, 0.1) is 11.4 Å². The molecule has 1 amide bonds. The summed E-state index contributed by atoms with van der Waals surface area (Å²) in [4.78, 5) is 12.4. The highest BCUT2D eigenvalue weighted by molar-refractivity contribution is 6.03. The van der Waals surface area contributed by atoms with Gasteiger partial charge >= 0.3 is 0 Å². The fourth-order valence-electron chi connectivity index (χ4n) is 2.98. The summed E-state index contributed by atoms with van der Waals surface area (Å²) < 4.78 is 0. The van der Waals surface area contributed by atoms with Gasteiger partial charge in [-0.1, -0.05) is 66.2 Å². The summed E-state index contributed by atoms with van der Waals surface area (Å²) in [5.74, 6) is -0.328. The quantitative estimate of drug-likeness (QED) is 0.405. The standard InChI is InChI=1S/C23H20N4O/c1-15-7-9-18(10-8-15)21-14-22(26-25-21)23(28)27-24-16(2)19-12-11-17-5-3-4-6-20(17)13-19/h3-14H,1-2H3,(H,25,26)(H,27,28)/b24-16+. The molecule has 0 spiro atoms. The highest BCUT2D eigenvalue weighted by atomic mass is 16.2. The molecule has 0 unspecified atom stereocenters. The number of benzene rings is 3. The molecule has 0 saturated carbocycles. The van der Waals surface area contributed by atoms with Gasteiger partial charge in [0.1, 0.15) is 5.69 Å². The van der Waals surface area contributed by atoms with Crippen molar-refractivity contribution in [2.75, 3.05) is 0 Å². The Kier molecular flexibility index (Phi) is 4.72. The third-order valence-electron chi connectivity index (χ3n) is 4.66. The second-order valence-electron chi connectivity index (χ2n) is 6.73. The lowest BCUT2D eigenvalue weighted by atomic mass is 10.0. The molecule has 138 valence electrons. The number of hydrogen-bond acceptors (Lipinski definition) is 3. The summed E-state index contributed by atoms with van der Waals surface area (Å²) in [6.07, 6.45) is 0. The van der Waals surface area contributed by atoms with Crippen LogP contribution in [0.1, 0.15) is 28.5 Å². The Morgan fingerprint density at radius 3 is 2.50 bits per heavy atom. The van der Waals surface area contributed by atoms with Crippen LogP contribution in [0, 0.1) is 6.92 Å². The number of aryl methyl sites for hydroxylation is 1. The average Bonchev–Trinajstić information content (AvgIpc) is 3.22. The molecule has 4 aromatic rings. The Morgan fingerprint density at radius 1 is 0.964 bits per heavy atom. The number of hydrazone groups is 1. The minimum Gasteiger partial charge on any atom is -0.272 e. The van der Waals surface area contributed by atoms with Crippen molar-refractivity contribution in [2.24, 2.45) is 5.10 Å². The fourth-order valence-corrected chi connectivity index (χ4v) is 2.98. The summed E-state index contributed by atoms with van der Waals surface area (Å²) in [5.41, 5.74) is 7.51. The van der Waals surface area contributed by atoms with Gasteiger partial charge in [0, 0.05) is 5.56 Å². The van der Waals surface area contributed by atoms with Gasteiger partial charge in [-0.2, -0.15) is 10.2 Å². The van der Waals surface area contributed by atoms with E-state index >= 15 is 0 Å². The zero-order valence-electron chi connectivity index (χ0n) is 15.7. The van der Waals surface area contributed by atoms with Gasteiger partial charge < -0.3 is 0 Å². The number of aromatic amines is 1. The molecule has 0 bridgehead atoms. The highest BCUT2D eigenvalue weighted by Gasteiger charge is 2.11. The second kappa shape index (κ2) is 7.48. The summed E-state index contributed by atoms with van der Waals surface area (Å²) in [6.45, 7) is 3.90. The lowest BCUT2D eigenvalue weighted by Crippen LogP contribution is -2.19. The van der Waals surface area contributed by atoms with E-state index < -0.39 is 0 Å². The van der Waals surface area contributed by atoms with Crippen molar-refractivity contribution in [2.45, 2.75) is 13.8 Å². The van der Waals surface area contributed by atoms with E-state index in [9.17, 15) is 4.79 Å². The van der Waals surface area contributed by atoms with Crippen LogP contribution in [0.3, 0.4) is 0 Å². The molecule has 1 aromatic heterocycles. The smallest absolute Gasteiger partial charge is 0.272 e. The molecule has 2 N–H and O–H groups in total. The van der Waals surface area contributed by atoms with E-state index in [4.69, 9.17) is 0 Å². The average molecular weight is 368 g/mol. The predicted molar refractivity (Wildman–Crippen MR) is 112 cm³/mol. The maximum absolute atomic E-state index is 12.4. The van der Waals surface area contributed by atoms with E-state index in [1.54, 1.807) is 6.07 Å². The van der Waals surface area contributed by atoms with Crippen LogP contribution in [0.4, 0.5) is 0 Å². The first-order valence-corrected chi connectivity index (χ1v) is 9.06. The summed E-state index contributed by atoms with van der Waals surface area (Å²) in [5, 5.41) is 13.5. The van der Waals surface area contributed by atoms with E-state index in [2.05, 4.69) is 38.9 Å². The number of rotatable bonds is 4. The lowest BCUT2D eigenvalue weighted by molar-refractivity contribution is 0.0950. The summed E-state index contributed by atoms with van der Waals surface area (Å²) in [7, 11) is 0. The molecule has 0 saturated heterocycles. The molecule has 3 aromatic carbocycles. The Bertz CT molecular complexity index is 1170. The molecule has 0 radical (unpaired) electrons. The van der Waals surface area contributed by atoms with Crippen LogP contribution in [0.2, 0.25) is 0 Å². The Morgan fingerprint density at radius 2 is 1.71 bits per heavy atom. The van der Waals surface area contributed by atoms with E-state index in [1.807, 2.05) is 62.4 Å². The molecule has 28 heavy (non-hydrogen) atoms. The number of H-pyrrole nitrogens is 1. The minimum atomic E-state index is -0.328. The zero-order chi connectivity index (χ0) is 19.5. The van der Waals surface area contributed by atoms with Crippen LogP contribution in [0.25, 0.3) is 22.0 Å². The Labute approximate surface area is 163 Å². The van der Waals surface area contributed by atoms with Crippen LogP contribution in [-0.2, 0) is 0 Å². The number of nitrogens with one attached hydrogen (secondary N) is 2. The molecule has 0 fully saturated rings. The Hall–Kier alpha value is -3.73. The van der Waals surface area contributed by atoms with Gasteiger partial charge in [-0.25, -0.2) is 5.43 Å². The van der Waals surface area contributed by atoms with Crippen LogP contribution < -0.4 is 5.43 Å². The maximum atomic E-state index is 12.4. The molecular weight excluding hydrogens is 348 g/mol. The molecule has 0 aliphatic heterocycles. The van der Waals surface area contributed by atoms with Crippen molar-refractivity contribution in [3.8, 4) is 11.3 Å². The Balaban J connectivity index is 1.49. The molecule has 0 atom stereocenters. The van der Waals surface area contributed by atoms with E-state index in [1.165, 1.54) is 10.9 Å². The molecule has 0 aliphatic rings. The first-order chi connectivity index (χ1) is 13.6. The maximum Gasteiger partial charge on any atom is 0.289 e. The molecule has 0 aliphatic carbocycles. The van der Waals surface area contributed by atoms with Gasteiger partial charge in [-0.15, -0.1) is 0 Å². The lowest BCUT2D eigenvalue weighted by Gasteiger charge is -2.04. The molecular formula is C23H20N4O. The number of hydrogen-bond donors (Lipinski definition) is 2. The topological polar surface area (TPSA) is 70.1 Å². The monoisotopic (exact) mass is 368 g/mol. The summed E-state index contributed by atoms with van der Waals surface area (Å²) in [6, 6.07) is 24.0. The number of carbonyl (C=O) groups excluding carboxylic acids is 1. The summed E-state index contributed by atoms with van der Waals surface area (Å²) >= 11 is 0. The fraction of sp³-hybridized carbons (Fsp3) is 0.0870. The highest BCUT2D eigenvalue weighted by Crippen LogP contribution is 2.18. The van der Waals surface area contributed by atoms with Gasteiger partial charge in [-0.05, 0) is 42.3 Å². The van der Waals surface area contributed by atoms with E-state index in [0.717, 1.165) is 27.9 Å². The van der Waals surface area contributed by atoms with Gasteiger partial charge in [-0.3, -0.25) is 9.89 Å². The van der Waals surface area contributed by atoms with Crippen molar-refractivity contribution in [1.29, 1.82) is 0 Å². The van der Waals surface area contributed by atoms with E-state index in [0.29, 0.717) is 5.69 Å². The normalized spacial score (nSPS) is 11.6. The first-order valence-electron chi connectivity index (χ1n) is 9.06. The minimum absolute atomic E-state index is 0.328. The second-order valence-corrected chi connectivity index (χ2v) is 6.73. The zero-order valence-corrected chi connectivity index (χ0v) is 15.7. The largest absolute Gasteiger partial charge is 0.289 e. The molecule has 4 rings (SSSR count). The van der Waals surface area contributed by atoms with Crippen LogP contribution in [0.15, 0.2) is 77.9 Å². The van der Waals surface area contributed by atoms with Crippen molar-refractivity contribution < 1.29 is 4.79 Å². The third kappa shape index (κ3) is 3.69. The van der Waals surface area contributed by atoms with Crippen LogP contribution in [0.5, 0.6) is 0 Å². The van der Waals surface area contributed by atoms with Gasteiger partial charge in [0.2, 0.25) is 0 Å². The van der Waals surface area contributed by atoms with E-state index in [-0.39, 0.29) is 5.91 Å². The number of fused-ring (bicyclic) bond motifs is 1. The van der Waals surface area contributed by atoms with Gasteiger partial charge in [0.15, 0.2) is 0 Å². The first kappa shape index (κ1) is 17.7. The van der Waals surface area contributed by atoms with Crippen molar-refractivity contribution in [3.05, 3.63) is 89.6 Å². The molecule has 5 heteroatoms. The molecule has 1 heterocycles. The van der Waals surface area contributed by atoms with Crippen molar-refractivity contribution in [3.63, 3.8) is 0 Å². The number of nitrogens with zero attached hydrogens (tertiary/aromatic N) is 2. The number of aromatic nitrogens is 2. The van der Waals surface area contributed by atoms with Gasteiger partial charge in [0.25, 0.3) is 5.91 Å². The number of carbonyl (C=O) groups is 1. The predicted octanol–water partition coefficient (Wildman–Crippen LogP) is 4.69. The van der Waals surface area contributed by atoms with Crippen molar-refractivity contribution in [1.82, 2.24) is 15.6 Å². The van der Waals surface area contributed by atoms with Crippen molar-refractivity contribution >= 4 is 22.4 Å². The molecule has 5 nitrogen and oxygen atoms in total. The van der Waals surface area contributed by atoms with Crippen LogP contribution in [-0.4, -0.2) is 21.8 Å². The number of amides is 1. The third-order valence-corrected chi connectivity index (χ3v) is 4.66. The SMILES string of the molecule is C/C(=N\NC(=O)c1cc(-c2ccc(C)cc2)n[nH]1)c1ccc2ccccc2c1. The van der Waals surface area contributed by atoms with Crippen LogP contribution >= 0.6 is 0 Å².